The van der Waals surface area contributed by atoms with Gasteiger partial charge in [0.15, 0.2) is 0 Å². The van der Waals surface area contributed by atoms with Crippen LogP contribution in [-0.4, -0.2) is 24.6 Å². The number of allylic oxidation sites excluding steroid dienone is 2. The van der Waals surface area contributed by atoms with Gasteiger partial charge in [0.2, 0.25) is 0 Å². The Morgan fingerprint density at radius 1 is 1.42 bits per heavy atom. The average Bonchev–Trinajstić information content (AvgIpc) is 2.99. The highest BCUT2D eigenvalue weighted by atomic mass is 16.6. The normalized spacial score (nSPS) is 50.9. The molecule has 6 atom stereocenters. The van der Waals surface area contributed by atoms with Crippen molar-refractivity contribution in [2.75, 3.05) is 7.11 Å². The van der Waals surface area contributed by atoms with Crippen molar-refractivity contribution in [2.45, 2.75) is 51.0 Å². The molecule has 0 radical (unpaired) electrons. The van der Waals surface area contributed by atoms with Gasteiger partial charge in [0.05, 0.1) is 18.4 Å². The van der Waals surface area contributed by atoms with Gasteiger partial charge in [0.1, 0.15) is 5.60 Å². The number of methoxy groups -OCH3 is 1. The molecule has 4 aliphatic carbocycles. The molecule has 4 fully saturated rings. The number of carbonyl (C=O) groups is 2. The zero-order valence-corrected chi connectivity index (χ0v) is 14.4. The van der Waals surface area contributed by atoms with Gasteiger partial charge >= 0.3 is 11.9 Å². The molecule has 4 nitrogen and oxygen atoms in total. The zero-order valence-electron chi connectivity index (χ0n) is 14.4. The predicted molar refractivity (Wildman–Crippen MR) is 86.8 cm³/mol. The maximum Gasteiger partial charge on any atom is 0.313 e. The highest BCUT2D eigenvalue weighted by Gasteiger charge is 2.79. The van der Waals surface area contributed by atoms with E-state index >= 15 is 0 Å². The van der Waals surface area contributed by atoms with Gasteiger partial charge in [0.25, 0.3) is 0 Å². The van der Waals surface area contributed by atoms with Gasteiger partial charge in [0, 0.05) is 11.3 Å². The van der Waals surface area contributed by atoms with Crippen LogP contribution in [0.2, 0.25) is 0 Å². The summed E-state index contributed by atoms with van der Waals surface area (Å²) in [7, 11) is 1.47. The fourth-order valence-corrected chi connectivity index (χ4v) is 7.09. The molecule has 2 unspecified atom stereocenters. The van der Waals surface area contributed by atoms with E-state index in [1.54, 1.807) is 0 Å². The van der Waals surface area contributed by atoms with E-state index in [9.17, 15) is 9.59 Å². The van der Waals surface area contributed by atoms with E-state index in [0.29, 0.717) is 5.92 Å². The van der Waals surface area contributed by atoms with Crippen molar-refractivity contribution in [3.05, 3.63) is 23.8 Å². The Kier molecular flexibility index (Phi) is 2.55. The Bertz CT molecular complexity index is 721. The van der Waals surface area contributed by atoms with Gasteiger partial charge in [-0.15, -0.1) is 0 Å². The van der Waals surface area contributed by atoms with Crippen LogP contribution in [0.5, 0.6) is 0 Å². The minimum absolute atomic E-state index is 0.0883. The molecule has 4 heteroatoms. The molecule has 5 rings (SSSR count). The van der Waals surface area contributed by atoms with Crippen LogP contribution in [0, 0.1) is 28.6 Å². The van der Waals surface area contributed by atoms with Gasteiger partial charge in [-0.1, -0.05) is 18.2 Å². The lowest BCUT2D eigenvalue weighted by molar-refractivity contribution is -0.154. The monoisotopic (exact) mass is 328 g/mol. The van der Waals surface area contributed by atoms with Gasteiger partial charge in [-0.05, 0) is 56.9 Å². The first-order valence-corrected chi connectivity index (χ1v) is 9.09. The molecule has 0 aromatic carbocycles. The van der Waals surface area contributed by atoms with E-state index in [-0.39, 0.29) is 29.2 Å². The summed E-state index contributed by atoms with van der Waals surface area (Å²) in [6, 6.07) is 0. The maximum atomic E-state index is 12.9. The Morgan fingerprint density at radius 3 is 2.96 bits per heavy atom. The van der Waals surface area contributed by atoms with Crippen molar-refractivity contribution in [1.29, 1.82) is 0 Å². The van der Waals surface area contributed by atoms with Crippen molar-refractivity contribution >= 4 is 11.9 Å². The van der Waals surface area contributed by atoms with Gasteiger partial charge in [-0.2, -0.15) is 0 Å². The smallest absolute Gasteiger partial charge is 0.313 e. The molecule has 24 heavy (non-hydrogen) atoms. The van der Waals surface area contributed by atoms with Crippen molar-refractivity contribution < 1.29 is 19.1 Å². The summed E-state index contributed by atoms with van der Waals surface area (Å²) >= 11 is 0. The van der Waals surface area contributed by atoms with Crippen LogP contribution in [-0.2, 0) is 19.1 Å². The summed E-state index contributed by atoms with van der Waals surface area (Å²) in [5.41, 5.74) is 1.10. The number of fused-ring (bicyclic) bond motifs is 1. The standard InChI is InChI=1S/C20H24O4/c1-11-9-19-10-12(11)5-6-13(19)20-8-4-7-18(2,17(22)24-20)15(20)14(19)16(21)23-3/h6,12,14-15H,1,4-5,7-10H2,2-3H3/t12-,14-,15?,18?,19+,20-/m1/s1. The lowest BCUT2D eigenvalue weighted by Crippen LogP contribution is -2.46. The summed E-state index contributed by atoms with van der Waals surface area (Å²) in [6.45, 7) is 6.29. The largest absolute Gasteiger partial charge is 0.469 e. The number of hydrogen-bond acceptors (Lipinski definition) is 4. The Hall–Kier alpha value is -1.58. The minimum Gasteiger partial charge on any atom is -0.469 e. The van der Waals surface area contributed by atoms with E-state index in [0.717, 1.165) is 38.5 Å². The van der Waals surface area contributed by atoms with E-state index in [1.165, 1.54) is 18.3 Å². The highest BCUT2D eigenvalue weighted by Crippen LogP contribution is 2.76. The van der Waals surface area contributed by atoms with Crippen molar-refractivity contribution in [3.8, 4) is 0 Å². The van der Waals surface area contributed by atoms with Crippen LogP contribution in [0.4, 0.5) is 0 Å². The molecule has 5 aliphatic rings. The van der Waals surface area contributed by atoms with Crippen LogP contribution in [0.25, 0.3) is 0 Å². The Morgan fingerprint density at radius 2 is 2.21 bits per heavy atom. The van der Waals surface area contributed by atoms with E-state index in [1.807, 2.05) is 6.92 Å². The van der Waals surface area contributed by atoms with Gasteiger partial charge < -0.3 is 9.47 Å². The van der Waals surface area contributed by atoms with Crippen molar-refractivity contribution in [2.24, 2.45) is 28.6 Å². The SMILES string of the molecule is C=C1C[C@]23C[C@H]1CC=C2[C@@]12CCCC(C)(C(=O)O1)C2[C@@H]3C(=O)OC. The van der Waals surface area contributed by atoms with Crippen LogP contribution in [0.15, 0.2) is 23.8 Å². The molecular weight excluding hydrogens is 304 g/mol. The fraction of sp³-hybridized carbons (Fsp3) is 0.700. The third-order valence-corrected chi connectivity index (χ3v) is 7.89. The summed E-state index contributed by atoms with van der Waals surface area (Å²) in [5, 5.41) is 0. The Balaban J connectivity index is 1.78. The number of esters is 2. The zero-order chi connectivity index (χ0) is 16.9. The van der Waals surface area contributed by atoms with Crippen molar-refractivity contribution in [1.82, 2.24) is 0 Å². The Labute approximate surface area is 142 Å². The van der Waals surface area contributed by atoms with Crippen LogP contribution < -0.4 is 0 Å². The first-order valence-electron chi connectivity index (χ1n) is 9.09. The molecule has 1 aliphatic heterocycles. The topological polar surface area (TPSA) is 52.6 Å². The summed E-state index contributed by atoms with van der Waals surface area (Å²) < 4.78 is 11.4. The summed E-state index contributed by atoms with van der Waals surface area (Å²) in [6.07, 6.45) is 7.68. The number of ether oxygens (including phenoxy) is 2. The van der Waals surface area contributed by atoms with E-state index in [2.05, 4.69) is 12.7 Å². The quantitative estimate of drug-likeness (QED) is 0.548. The van der Waals surface area contributed by atoms with Crippen LogP contribution in [0.3, 0.4) is 0 Å². The van der Waals surface area contributed by atoms with Crippen LogP contribution >= 0.6 is 0 Å². The van der Waals surface area contributed by atoms with Gasteiger partial charge in [-0.25, -0.2) is 0 Å². The molecule has 0 N–H and O–H groups in total. The molecular formula is C20H24O4. The third-order valence-electron chi connectivity index (χ3n) is 7.89. The second-order valence-corrected chi connectivity index (χ2v) is 8.77. The van der Waals surface area contributed by atoms with Crippen molar-refractivity contribution in [3.63, 3.8) is 0 Å². The molecule has 1 heterocycles. The highest BCUT2D eigenvalue weighted by molar-refractivity contribution is 5.87. The first-order chi connectivity index (χ1) is 11.4. The number of hydrogen-bond donors (Lipinski definition) is 0. The van der Waals surface area contributed by atoms with Crippen LogP contribution in [0.1, 0.15) is 45.4 Å². The van der Waals surface area contributed by atoms with E-state index in [4.69, 9.17) is 9.47 Å². The third kappa shape index (κ3) is 1.32. The minimum atomic E-state index is -0.571. The molecule has 128 valence electrons. The molecule has 3 saturated carbocycles. The summed E-state index contributed by atoms with van der Waals surface area (Å²) in [4.78, 5) is 25.7. The number of carbonyl (C=O) groups excluding carboxylic acids is 2. The summed E-state index contributed by atoms with van der Waals surface area (Å²) in [5.74, 6) is -0.204. The number of rotatable bonds is 1. The maximum absolute atomic E-state index is 12.9. The molecule has 0 amide bonds. The lowest BCUT2D eigenvalue weighted by Gasteiger charge is -2.39. The fourth-order valence-electron chi connectivity index (χ4n) is 7.09. The molecule has 1 saturated heterocycles. The molecule has 0 aromatic rings. The second kappa shape index (κ2) is 4.14. The average molecular weight is 328 g/mol. The van der Waals surface area contributed by atoms with E-state index < -0.39 is 11.0 Å². The van der Waals surface area contributed by atoms with Gasteiger partial charge in [-0.3, -0.25) is 9.59 Å². The second-order valence-electron chi connectivity index (χ2n) is 8.77. The molecule has 1 spiro atoms. The molecule has 4 bridgehead atoms. The molecule has 0 aromatic heterocycles. The first kappa shape index (κ1) is 14.7. The predicted octanol–water partition coefficient (Wildman–Crippen LogP) is 3.17. The lowest BCUT2D eigenvalue weighted by atomic mass is 9.60.